The van der Waals surface area contributed by atoms with Crippen molar-refractivity contribution in [2.24, 2.45) is 5.73 Å². The maximum Gasteiger partial charge on any atom is 0.423 e. The maximum atomic E-state index is 13.8. The van der Waals surface area contributed by atoms with Crippen molar-refractivity contribution in [1.29, 1.82) is 0 Å². The Kier molecular flexibility index (Phi) is 5.71. The van der Waals surface area contributed by atoms with Crippen LogP contribution in [0, 0.1) is 5.82 Å². The van der Waals surface area contributed by atoms with Crippen LogP contribution in [0.5, 0.6) is 0 Å². The number of nitrogens with two attached hydrogens (primary N) is 1. The highest BCUT2D eigenvalue weighted by Crippen LogP contribution is 2.41. The van der Waals surface area contributed by atoms with E-state index in [2.05, 4.69) is 10.3 Å². The fraction of sp³-hybridized carbons (Fsp3) is 0.227. The maximum absolute atomic E-state index is 13.8. The third kappa shape index (κ3) is 4.09. The third-order valence-corrected chi connectivity index (χ3v) is 6.55. The first-order valence-electron chi connectivity index (χ1n) is 9.84. The molecule has 0 radical (unpaired) electrons. The second-order valence-corrected chi connectivity index (χ2v) is 8.58. The van der Waals surface area contributed by atoms with Gasteiger partial charge in [-0.2, -0.15) is 13.2 Å². The minimum Gasteiger partial charge on any atom is -0.375 e. The predicted molar refractivity (Wildman–Crippen MR) is 115 cm³/mol. The van der Waals surface area contributed by atoms with Crippen molar-refractivity contribution >= 4 is 27.3 Å². The average molecular weight is 478 g/mol. The Hall–Kier alpha value is -3.31. The normalized spacial score (nSPS) is 13.9. The molecule has 0 fully saturated rings. The van der Waals surface area contributed by atoms with E-state index in [4.69, 9.17) is 5.73 Å². The van der Waals surface area contributed by atoms with Crippen molar-refractivity contribution in [2.75, 3.05) is 0 Å². The van der Waals surface area contributed by atoms with Crippen molar-refractivity contribution in [2.45, 2.75) is 31.7 Å². The Labute approximate surface area is 189 Å². The van der Waals surface area contributed by atoms with Crippen molar-refractivity contribution in [3.8, 4) is 11.1 Å². The average Bonchev–Trinajstić information content (AvgIpc) is 3.37. The quantitative estimate of drug-likeness (QED) is 0.396. The first kappa shape index (κ1) is 22.9. The van der Waals surface area contributed by atoms with Gasteiger partial charge in [-0.25, -0.2) is 9.07 Å². The summed E-state index contributed by atoms with van der Waals surface area (Å²) in [5, 5.41) is 18.0. The van der Waals surface area contributed by atoms with Gasteiger partial charge in [0.2, 0.25) is 5.60 Å². The van der Waals surface area contributed by atoms with Crippen LogP contribution in [0.25, 0.3) is 21.2 Å². The molecule has 0 saturated carbocycles. The number of primary amides is 1. The van der Waals surface area contributed by atoms with Crippen LogP contribution in [0.2, 0.25) is 0 Å². The fourth-order valence-corrected chi connectivity index (χ4v) is 4.76. The molecule has 33 heavy (non-hydrogen) atoms. The van der Waals surface area contributed by atoms with Gasteiger partial charge in [0.1, 0.15) is 16.4 Å². The molecule has 4 aromatic rings. The van der Waals surface area contributed by atoms with Crippen molar-refractivity contribution in [3.63, 3.8) is 0 Å². The lowest BCUT2D eigenvalue weighted by Gasteiger charge is -2.26. The van der Waals surface area contributed by atoms with Gasteiger partial charge in [0.25, 0.3) is 5.91 Å². The van der Waals surface area contributed by atoms with E-state index in [0.717, 1.165) is 17.5 Å². The van der Waals surface area contributed by atoms with Crippen LogP contribution in [0.1, 0.15) is 34.3 Å². The number of thiophene rings is 1. The van der Waals surface area contributed by atoms with Crippen LogP contribution in [0.3, 0.4) is 0 Å². The van der Waals surface area contributed by atoms with Gasteiger partial charge in [-0.1, -0.05) is 36.4 Å². The number of carbonyl (C=O) groups is 1. The van der Waals surface area contributed by atoms with Crippen LogP contribution in [0.4, 0.5) is 17.6 Å². The van der Waals surface area contributed by atoms with Crippen molar-refractivity contribution in [3.05, 3.63) is 70.6 Å². The molecule has 2 aromatic carbocycles. The minimum atomic E-state index is -4.89. The van der Waals surface area contributed by atoms with Crippen molar-refractivity contribution in [1.82, 2.24) is 15.0 Å². The van der Waals surface area contributed by atoms with Crippen molar-refractivity contribution < 1.29 is 27.5 Å². The SMILES string of the molecule is CC[C@](O)(c1cn(Cc2ccc3c(-c4cccc(F)c4)c(C(N)=O)sc3c2)nn1)C(F)(F)F. The summed E-state index contributed by atoms with van der Waals surface area (Å²) < 4.78 is 55.5. The molecule has 4 rings (SSSR count). The zero-order valence-electron chi connectivity index (χ0n) is 17.2. The van der Waals surface area contributed by atoms with E-state index in [9.17, 15) is 27.5 Å². The smallest absolute Gasteiger partial charge is 0.375 e. The highest BCUT2D eigenvalue weighted by atomic mass is 32.1. The lowest BCUT2D eigenvalue weighted by atomic mass is 9.96. The second kappa shape index (κ2) is 8.23. The van der Waals surface area contributed by atoms with E-state index in [0.29, 0.717) is 26.8 Å². The summed E-state index contributed by atoms with van der Waals surface area (Å²) in [5.74, 6) is -1.10. The number of carbonyl (C=O) groups excluding carboxylic acids is 1. The number of fused-ring (bicyclic) bond motifs is 1. The number of hydrogen-bond donors (Lipinski definition) is 2. The summed E-state index contributed by atoms with van der Waals surface area (Å²) in [5.41, 5.74) is 3.59. The molecule has 2 aromatic heterocycles. The van der Waals surface area contributed by atoms with E-state index in [-0.39, 0.29) is 11.4 Å². The van der Waals surface area contributed by atoms with Gasteiger partial charge < -0.3 is 10.8 Å². The van der Waals surface area contributed by atoms with E-state index in [1.54, 1.807) is 24.3 Å². The largest absolute Gasteiger partial charge is 0.423 e. The number of nitrogens with zero attached hydrogens (tertiary/aromatic N) is 3. The van der Waals surface area contributed by atoms with Gasteiger partial charge in [-0.15, -0.1) is 16.4 Å². The number of halogens is 4. The standard InChI is InChI=1S/C22H18F4N4O2S/c1-2-21(32,22(24,25)26)17-11-30(29-28-17)10-12-6-7-15-16(8-12)33-19(20(27)31)18(15)13-4-3-5-14(23)9-13/h3-9,11,32H,2,10H2,1H3,(H2,27,31)/t21-/m0/s1. The van der Waals surface area contributed by atoms with Gasteiger partial charge in [-0.05, 0) is 35.7 Å². The Morgan fingerprint density at radius 1 is 1.21 bits per heavy atom. The molecule has 1 atom stereocenters. The molecule has 11 heteroatoms. The lowest BCUT2D eigenvalue weighted by molar-refractivity contribution is -0.269. The van der Waals surface area contributed by atoms with Gasteiger partial charge in [0, 0.05) is 15.6 Å². The number of alkyl halides is 3. The molecule has 0 aliphatic carbocycles. The molecule has 0 saturated heterocycles. The van der Waals surface area contributed by atoms with Crippen LogP contribution in [-0.2, 0) is 12.1 Å². The number of hydrogen-bond acceptors (Lipinski definition) is 5. The molecule has 0 unspecified atom stereocenters. The van der Waals surface area contributed by atoms with Crippen LogP contribution < -0.4 is 5.73 Å². The molecule has 0 aliphatic heterocycles. The van der Waals surface area contributed by atoms with E-state index < -0.39 is 35.6 Å². The van der Waals surface area contributed by atoms with Crippen LogP contribution >= 0.6 is 11.3 Å². The zero-order chi connectivity index (χ0) is 24.0. The summed E-state index contributed by atoms with van der Waals surface area (Å²) in [4.78, 5) is 12.3. The molecule has 172 valence electrons. The van der Waals surface area contributed by atoms with Gasteiger partial charge in [0.05, 0.1) is 12.7 Å². The summed E-state index contributed by atoms with van der Waals surface area (Å²) in [6.45, 7) is 1.30. The molecular formula is C22H18F4N4O2S. The third-order valence-electron chi connectivity index (χ3n) is 5.38. The monoisotopic (exact) mass is 478 g/mol. The number of benzene rings is 2. The van der Waals surface area contributed by atoms with E-state index >= 15 is 0 Å². The summed E-state index contributed by atoms with van der Waals surface area (Å²) >= 11 is 1.14. The van der Waals surface area contributed by atoms with Crippen LogP contribution in [0.15, 0.2) is 48.7 Å². The van der Waals surface area contributed by atoms with Gasteiger partial charge in [0.15, 0.2) is 0 Å². The molecular weight excluding hydrogens is 460 g/mol. The zero-order valence-corrected chi connectivity index (χ0v) is 18.0. The molecule has 0 bridgehead atoms. The minimum absolute atomic E-state index is 0.0830. The van der Waals surface area contributed by atoms with Gasteiger partial charge in [-0.3, -0.25) is 4.79 Å². The van der Waals surface area contributed by atoms with E-state index in [1.807, 2.05) is 0 Å². The number of amides is 1. The molecule has 1 amide bonds. The second-order valence-electron chi connectivity index (χ2n) is 7.52. The first-order valence-corrected chi connectivity index (χ1v) is 10.7. The lowest BCUT2D eigenvalue weighted by Crippen LogP contribution is -2.42. The Bertz CT molecular complexity index is 1350. The summed E-state index contributed by atoms with van der Waals surface area (Å²) in [6.07, 6.45) is -4.44. The molecule has 0 aliphatic rings. The number of aromatic nitrogens is 3. The van der Waals surface area contributed by atoms with Crippen LogP contribution in [-0.4, -0.2) is 32.2 Å². The number of rotatable bonds is 6. The Morgan fingerprint density at radius 2 is 1.97 bits per heavy atom. The molecule has 2 heterocycles. The molecule has 6 nitrogen and oxygen atoms in total. The predicted octanol–water partition coefficient (Wildman–Crippen LogP) is 4.61. The molecule has 0 spiro atoms. The summed E-state index contributed by atoms with van der Waals surface area (Å²) in [7, 11) is 0. The first-order chi connectivity index (χ1) is 15.5. The highest BCUT2D eigenvalue weighted by molar-refractivity contribution is 7.21. The number of aliphatic hydroxyl groups is 1. The Morgan fingerprint density at radius 3 is 2.61 bits per heavy atom. The van der Waals surface area contributed by atoms with Gasteiger partial charge >= 0.3 is 6.18 Å². The fourth-order valence-electron chi connectivity index (χ4n) is 3.62. The summed E-state index contributed by atoms with van der Waals surface area (Å²) in [6, 6.07) is 11.0. The van der Waals surface area contributed by atoms with E-state index in [1.165, 1.54) is 29.8 Å². The highest BCUT2D eigenvalue weighted by Gasteiger charge is 2.55. The topological polar surface area (TPSA) is 94.0 Å². The molecule has 3 N–H and O–H groups in total. The Balaban J connectivity index is 1.71.